The molecule has 8 nitrogen and oxygen atoms in total. The summed E-state index contributed by atoms with van der Waals surface area (Å²) in [5, 5.41) is 13.0. The summed E-state index contributed by atoms with van der Waals surface area (Å²) in [6, 6.07) is 5.34. The zero-order valence-electron chi connectivity index (χ0n) is 13.2. The molecule has 2 aromatic heterocycles. The van der Waals surface area contributed by atoms with Crippen LogP contribution in [0, 0.1) is 0 Å². The van der Waals surface area contributed by atoms with Gasteiger partial charge in [0, 0.05) is 26.1 Å². The molecule has 0 aliphatic carbocycles. The number of carboxylic acids is 1. The van der Waals surface area contributed by atoms with Crippen LogP contribution in [0.25, 0.3) is 11.5 Å². The molecule has 2 heterocycles. The lowest BCUT2D eigenvalue weighted by Gasteiger charge is -2.31. The molecule has 0 aromatic carbocycles. The number of hydrogen-bond donors (Lipinski definition) is 1. The van der Waals surface area contributed by atoms with E-state index in [-0.39, 0.29) is 18.7 Å². The van der Waals surface area contributed by atoms with E-state index in [9.17, 15) is 9.59 Å². The fourth-order valence-electron chi connectivity index (χ4n) is 1.79. The van der Waals surface area contributed by atoms with Crippen molar-refractivity contribution in [2.45, 2.75) is 32.2 Å². The van der Waals surface area contributed by atoms with Crippen LogP contribution < -0.4 is 0 Å². The second-order valence-corrected chi connectivity index (χ2v) is 5.54. The van der Waals surface area contributed by atoms with Crippen LogP contribution in [0.4, 0.5) is 0 Å². The highest BCUT2D eigenvalue weighted by Crippen LogP contribution is 2.16. The number of carbonyl (C=O) groups is 2. The Hall–Kier alpha value is -2.77. The molecule has 0 unspecified atom stereocenters. The summed E-state index contributed by atoms with van der Waals surface area (Å²) >= 11 is 0. The predicted molar refractivity (Wildman–Crippen MR) is 80.3 cm³/mol. The van der Waals surface area contributed by atoms with Crippen molar-refractivity contribution in [1.82, 2.24) is 20.0 Å². The van der Waals surface area contributed by atoms with E-state index in [4.69, 9.17) is 9.63 Å². The monoisotopic (exact) mass is 318 g/mol. The van der Waals surface area contributed by atoms with Gasteiger partial charge in [0.15, 0.2) is 0 Å². The molecule has 0 radical (unpaired) electrons. The van der Waals surface area contributed by atoms with E-state index in [2.05, 4.69) is 15.1 Å². The maximum absolute atomic E-state index is 12.1. The van der Waals surface area contributed by atoms with Crippen LogP contribution in [-0.4, -0.2) is 49.6 Å². The van der Waals surface area contributed by atoms with E-state index in [1.54, 1.807) is 18.3 Å². The lowest BCUT2D eigenvalue weighted by Crippen LogP contribution is -2.50. The van der Waals surface area contributed by atoms with Crippen molar-refractivity contribution in [2.75, 3.05) is 7.05 Å². The van der Waals surface area contributed by atoms with Crippen LogP contribution in [-0.2, 0) is 16.0 Å². The number of hydrogen-bond acceptors (Lipinski definition) is 6. The van der Waals surface area contributed by atoms with Gasteiger partial charge in [-0.2, -0.15) is 4.98 Å². The number of carbonyl (C=O) groups excluding carboxylic acids is 1. The van der Waals surface area contributed by atoms with Crippen LogP contribution >= 0.6 is 0 Å². The van der Waals surface area contributed by atoms with E-state index >= 15 is 0 Å². The average molecular weight is 318 g/mol. The molecule has 0 spiro atoms. The lowest BCUT2D eigenvalue weighted by atomic mass is 10.0. The zero-order valence-corrected chi connectivity index (χ0v) is 13.2. The third-order valence-corrected chi connectivity index (χ3v) is 3.65. The van der Waals surface area contributed by atoms with Gasteiger partial charge >= 0.3 is 5.97 Å². The van der Waals surface area contributed by atoms with Crippen molar-refractivity contribution in [2.24, 2.45) is 0 Å². The summed E-state index contributed by atoms with van der Waals surface area (Å²) < 4.78 is 5.09. The van der Waals surface area contributed by atoms with Crippen LogP contribution in [0.5, 0.6) is 0 Å². The van der Waals surface area contributed by atoms with Gasteiger partial charge < -0.3 is 14.5 Å². The second kappa shape index (κ2) is 6.55. The van der Waals surface area contributed by atoms with Crippen molar-refractivity contribution >= 4 is 11.9 Å². The molecule has 0 aliphatic heterocycles. The molecule has 0 fully saturated rings. The fourth-order valence-corrected chi connectivity index (χ4v) is 1.79. The third-order valence-electron chi connectivity index (χ3n) is 3.65. The fraction of sp³-hybridized carbons (Fsp3) is 0.400. The minimum absolute atomic E-state index is 0.0804. The maximum Gasteiger partial charge on any atom is 0.329 e. The topological polar surface area (TPSA) is 109 Å². The first-order valence-electron chi connectivity index (χ1n) is 7.06. The summed E-state index contributed by atoms with van der Waals surface area (Å²) in [5.74, 6) is -0.716. The van der Waals surface area contributed by atoms with Gasteiger partial charge in [0.1, 0.15) is 11.2 Å². The standard InChI is InChI=1S/C15H18N4O4/c1-15(2,14(21)22)19(3)12(20)8-7-11-17-13(18-23-11)10-6-4-5-9-16-10/h4-6,9H,7-8H2,1-3H3,(H,21,22). The molecule has 1 amide bonds. The smallest absolute Gasteiger partial charge is 0.329 e. The largest absolute Gasteiger partial charge is 0.480 e. The Kier molecular flexibility index (Phi) is 4.73. The molecular weight excluding hydrogens is 300 g/mol. The third kappa shape index (κ3) is 3.71. The Morgan fingerprint density at radius 1 is 1.35 bits per heavy atom. The Bertz CT molecular complexity index is 697. The average Bonchev–Trinajstić information content (AvgIpc) is 3.01. The van der Waals surface area contributed by atoms with E-state index < -0.39 is 11.5 Å². The van der Waals surface area contributed by atoms with Crippen LogP contribution in [0.15, 0.2) is 28.9 Å². The molecule has 0 saturated heterocycles. The lowest BCUT2D eigenvalue weighted by molar-refractivity contribution is -0.155. The molecule has 122 valence electrons. The first kappa shape index (κ1) is 16.6. The molecule has 0 bridgehead atoms. The van der Waals surface area contributed by atoms with Gasteiger partial charge in [0.2, 0.25) is 17.6 Å². The predicted octanol–water partition coefficient (Wildman–Crippen LogP) is 1.39. The number of aliphatic carboxylic acids is 1. The summed E-state index contributed by atoms with van der Waals surface area (Å²) in [7, 11) is 1.46. The number of amides is 1. The number of likely N-dealkylation sites (N-methyl/N-ethyl adjacent to an activating group) is 1. The highest BCUT2D eigenvalue weighted by molar-refractivity contribution is 5.86. The van der Waals surface area contributed by atoms with Crippen LogP contribution in [0.3, 0.4) is 0 Å². The minimum Gasteiger partial charge on any atom is -0.480 e. The summed E-state index contributed by atoms with van der Waals surface area (Å²) in [6.07, 6.45) is 1.94. The molecule has 0 atom stereocenters. The van der Waals surface area contributed by atoms with Crippen molar-refractivity contribution in [1.29, 1.82) is 0 Å². The number of aromatic nitrogens is 3. The van der Waals surface area contributed by atoms with E-state index in [1.165, 1.54) is 25.8 Å². The normalized spacial score (nSPS) is 11.3. The number of aryl methyl sites for hydroxylation is 1. The van der Waals surface area contributed by atoms with Gasteiger partial charge in [-0.25, -0.2) is 4.79 Å². The van der Waals surface area contributed by atoms with Gasteiger partial charge in [-0.1, -0.05) is 11.2 Å². The number of rotatable bonds is 6. The first-order valence-corrected chi connectivity index (χ1v) is 7.06. The zero-order chi connectivity index (χ0) is 17.0. The summed E-state index contributed by atoms with van der Waals surface area (Å²) in [6.45, 7) is 2.94. The van der Waals surface area contributed by atoms with E-state index in [0.29, 0.717) is 17.4 Å². The Balaban J connectivity index is 1.98. The molecule has 1 N–H and O–H groups in total. The molecular formula is C15H18N4O4. The van der Waals surface area contributed by atoms with Crippen molar-refractivity contribution in [3.05, 3.63) is 30.3 Å². The molecule has 23 heavy (non-hydrogen) atoms. The van der Waals surface area contributed by atoms with Crippen molar-refractivity contribution < 1.29 is 19.2 Å². The van der Waals surface area contributed by atoms with E-state index in [0.717, 1.165) is 0 Å². The van der Waals surface area contributed by atoms with Crippen LogP contribution in [0.2, 0.25) is 0 Å². The molecule has 0 saturated carbocycles. The van der Waals surface area contributed by atoms with Gasteiger partial charge in [-0.05, 0) is 26.0 Å². The van der Waals surface area contributed by atoms with Gasteiger partial charge in [0.05, 0.1) is 0 Å². The van der Waals surface area contributed by atoms with Crippen molar-refractivity contribution in [3.63, 3.8) is 0 Å². The number of nitrogens with zero attached hydrogens (tertiary/aromatic N) is 4. The van der Waals surface area contributed by atoms with Gasteiger partial charge in [-0.3, -0.25) is 9.78 Å². The first-order chi connectivity index (χ1) is 10.8. The molecule has 8 heteroatoms. The van der Waals surface area contributed by atoms with E-state index in [1.807, 2.05) is 6.07 Å². The Labute approximate surface area is 133 Å². The highest BCUT2D eigenvalue weighted by atomic mass is 16.5. The molecule has 0 aliphatic rings. The number of pyridine rings is 1. The number of carboxylic acid groups (broad SMARTS) is 1. The Morgan fingerprint density at radius 2 is 2.09 bits per heavy atom. The Morgan fingerprint density at radius 3 is 2.70 bits per heavy atom. The molecule has 2 aromatic rings. The summed E-state index contributed by atoms with van der Waals surface area (Å²) in [5.41, 5.74) is -0.691. The van der Waals surface area contributed by atoms with Gasteiger partial charge in [-0.15, -0.1) is 0 Å². The quantitative estimate of drug-likeness (QED) is 0.857. The minimum atomic E-state index is -1.27. The van der Waals surface area contributed by atoms with Crippen LogP contribution in [0.1, 0.15) is 26.2 Å². The molecule has 2 rings (SSSR count). The maximum atomic E-state index is 12.1. The van der Waals surface area contributed by atoms with Gasteiger partial charge in [0.25, 0.3) is 0 Å². The summed E-state index contributed by atoms with van der Waals surface area (Å²) in [4.78, 5) is 32.8. The highest BCUT2D eigenvalue weighted by Gasteiger charge is 2.34. The van der Waals surface area contributed by atoms with Crippen molar-refractivity contribution in [3.8, 4) is 11.5 Å². The second-order valence-electron chi connectivity index (χ2n) is 5.54. The SMILES string of the molecule is CN(C(=O)CCc1nc(-c2ccccn2)no1)C(C)(C)C(=O)O.